The third-order valence-corrected chi connectivity index (χ3v) is 5.95. The summed E-state index contributed by atoms with van der Waals surface area (Å²) in [6.07, 6.45) is 13.2. The lowest BCUT2D eigenvalue weighted by atomic mass is 9.98. The van der Waals surface area contributed by atoms with E-state index in [2.05, 4.69) is 42.6 Å². The van der Waals surface area contributed by atoms with E-state index in [-0.39, 0.29) is 5.92 Å². The third-order valence-electron chi connectivity index (χ3n) is 5.95. The van der Waals surface area contributed by atoms with Gasteiger partial charge >= 0.3 is 0 Å². The van der Waals surface area contributed by atoms with Gasteiger partial charge < -0.3 is 21.3 Å². The number of nitrogens with zero attached hydrogens (tertiary/aromatic N) is 4. The van der Waals surface area contributed by atoms with E-state index in [0.717, 1.165) is 23.3 Å². The Morgan fingerprint density at radius 1 is 1.11 bits per heavy atom. The van der Waals surface area contributed by atoms with Crippen molar-refractivity contribution in [3.63, 3.8) is 0 Å². The number of anilines is 2. The van der Waals surface area contributed by atoms with Crippen LogP contribution in [0.3, 0.4) is 0 Å². The van der Waals surface area contributed by atoms with Gasteiger partial charge in [0.2, 0.25) is 6.41 Å². The molecule has 1 aromatic carbocycles. The van der Waals surface area contributed by atoms with Crippen LogP contribution in [0, 0.1) is 5.92 Å². The lowest BCUT2D eigenvalue weighted by Gasteiger charge is -2.19. The molecule has 1 aliphatic heterocycles. The van der Waals surface area contributed by atoms with E-state index >= 15 is 0 Å². The minimum atomic E-state index is -0.518. The smallest absolute Gasteiger partial charge is 0.250 e. The fraction of sp³-hybridized carbons (Fsp3) is 0.269. The number of para-hydroxylation sites is 1. The molecule has 3 aromatic rings. The van der Waals surface area contributed by atoms with Crippen molar-refractivity contribution < 1.29 is 9.59 Å². The van der Waals surface area contributed by atoms with Crippen LogP contribution in [0.5, 0.6) is 0 Å². The summed E-state index contributed by atoms with van der Waals surface area (Å²) in [5, 5.41) is 6.72. The Morgan fingerprint density at radius 2 is 1.97 bits per heavy atom. The van der Waals surface area contributed by atoms with Crippen molar-refractivity contribution in [1.82, 2.24) is 20.3 Å². The minimum absolute atomic E-state index is 0.224. The molecule has 0 bridgehead atoms. The molecular formula is C26H29N7O2. The van der Waals surface area contributed by atoms with Crippen LogP contribution >= 0.6 is 0 Å². The molecule has 1 saturated heterocycles. The second kappa shape index (κ2) is 11.7. The number of nitrogens with two attached hydrogens (primary N) is 1. The Labute approximate surface area is 204 Å². The molecular weight excluding hydrogens is 442 g/mol. The van der Waals surface area contributed by atoms with Crippen molar-refractivity contribution in [1.29, 1.82) is 0 Å². The standard InChI is InChI=1S/C17H17N5O2.C9H12N2/c18-16(24)13-5-2-6-14-15(13)20-9-21-17(14)19-8-11-3-1-4-12(7-11)22-10-23;1-2-6-10-9(5-1)11-7-3-4-8-11/h1-6,9-11H,7-8H2,(H2,18,24)(H,22,23)(H,19,20,21);1-2,5-6H,3-4,7-8H2. The van der Waals surface area contributed by atoms with Gasteiger partial charge in [-0.05, 0) is 55.5 Å². The maximum atomic E-state index is 11.5. The molecule has 9 nitrogen and oxygen atoms in total. The highest BCUT2D eigenvalue weighted by Crippen LogP contribution is 2.23. The van der Waals surface area contributed by atoms with Gasteiger partial charge in [-0.3, -0.25) is 9.59 Å². The van der Waals surface area contributed by atoms with E-state index in [1.165, 1.54) is 32.3 Å². The summed E-state index contributed by atoms with van der Waals surface area (Å²) < 4.78 is 0. The number of carbonyl (C=O) groups is 2. The number of amides is 2. The molecule has 9 heteroatoms. The van der Waals surface area contributed by atoms with Gasteiger partial charge in [0, 0.05) is 36.9 Å². The highest BCUT2D eigenvalue weighted by Gasteiger charge is 2.14. The maximum Gasteiger partial charge on any atom is 0.250 e. The number of allylic oxidation sites excluding steroid dienone is 3. The SMILES string of the molecule is NC(=O)c1cccc2c(NCC3C=CC=C(NC=O)C3)ncnc12.c1ccc(N2CCCC2)nc1. The van der Waals surface area contributed by atoms with Gasteiger partial charge in [-0.1, -0.05) is 24.3 Å². The number of rotatable bonds is 7. The first kappa shape index (κ1) is 23.9. The van der Waals surface area contributed by atoms with E-state index in [4.69, 9.17) is 5.73 Å². The van der Waals surface area contributed by atoms with Gasteiger partial charge in [-0.25, -0.2) is 15.0 Å². The number of aromatic nitrogens is 3. The van der Waals surface area contributed by atoms with Crippen LogP contribution in [0.1, 0.15) is 29.6 Å². The molecule has 1 unspecified atom stereocenters. The highest BCUT2D eigenvalue weighted by atomic mass is 16.1. The van der Waals surface area contributed by atoms with Crippen molar-refractivity contribution in [2.75, 3.05) is 29.9 Å². The number of fused-ring (bicyclic) bond motifs is 1. The van der Waals surface area contributed by atoms with Gasteiger partial charge in [0.05, 0.1) is 11.1 Å². The number of pyridine rings is 1. The van der Waals surface area contributed by atoms with Crippen LogP contribution in [0.15, 0.2) is 72.8 Å². The first-order chi connectivity index (χ1) is 17.2. The summed E-state index contributed by atoms with van der Waals surface area (Å²) >= 11 is 0. The van der Waals surface area contributed by atoms with Crippen molar-refractivity contribution in [2.45, 2.75) is 19.3 Å². The number of benzene rings is 1. The molecule has 35 heavy (non-hydrogen) atoms. The average Bonchev–Trinajstić information content (AvgIpc) is 3.44. The molecule has 1 fully saturated rings. The molecule has 180 valence electrons. The normalized spacial score (nSPS) is 16.7. The Balaban J connectivity index is 0.000000218. The Kier molecular flexibility index (Phi) is 8.00. The predicted octanol–water partition coefficient (Wildman–Crippen LogP) is 3.03. The minimum Gasteiger partial charge on any atom is -0.369 e. The summed E-state index contributed by atoms with van der Waals surface area (Å²) in [5.41, 5.74) is 7.18. The number of hydrogen-bond acceptors (Lipinski definition) is 7. The molecule has 5 rings (SSSR count). The van der Waals surface area contributed by atoms with Crippen molar-refractivity contribution in [2.24, 2.45) is 11.7 Å². The van der Waals surface area contributed by atoms with Crippen LogP contribution in [0.2, 0.25) is 0 Å². The van der Waals surface area contributed by atoms with Gasteiger partial charge in [0.15, 0.2) is 0 Å². The van der Waals surface area contributed by atoms with Crippen molar-refractivity contribution >= 4 is 34.9 Å². The molecule has 0 saturated carbocycles. The Bertz CT molecular complexity index is 1220. The van der Waals surface area contributed by atoms with Gasteiger partial charge in [0.1, 0.15) is 18.0 Å². The molecule has 0 spiro atoms. The lowest BCUT2D eigenvalue weighted by Crippen LogP contribution is -2.20. The third kappa shape index (κ3) is 6.20. The summed E-state index contributed by atoms with van der Waals surface area (Å²) in [5.74, 6) is 1.48. The molecule has 1 atom stereocenters. The second-order valence-electron chi connectivity index (χ2n) is 8.35. The topological polar surface area (TPSA) is 126 Å². The average molecular weight is 472 g/mol. The molecule has 0 radical (unpaired) electrons. The fourth-order valence-corrected chi connectivity index (χ4v) is 4.21. The lowest BCUT2D eigenvalue weighted by molar-refractivity contribution is -0.109. The summed E-state index contributed by atoms with van der Waals surface area (Å²) in [4.78, 5) is 37.1. The van der Waals surface area contributed by atoms with E-state index < -0.39 is 5.91 Å². The number of hydrogen-bond donors (Lipinski definition) is 3. The first-order valence-electron chi connectivity index (χ1n) is 11.7. The van der Waals surface area contributed by atoms with Crippen LogP contribution < -0.4 is 21.3 Å². The second-order valence-corrected chi connectivity index (χ2v) is 8.35. The maximum absolute atomic E-state index is 11.5. The molecule has 2 aromatic heterocycles. The Morgan fingerprint density at radius 3 is 2.71 bits per heavy atom. The molecule has 4 N–H and O–H groups in total. The van der Waals surface area contributed by atoms with Crippen molar-refractivity contribution in [3.05, 3.63) is 78.4 Å². The zero-order valence-electron chi connectivity index (χ0n) is 19.4. The summed E-state index contributed by atoms with van der Waals surface area (Å²) in [7, 11) is 0. The van der Waals surface area contributed by atoms with Gasteiger partial charge in [0.25, 0.3) is 5.91 Å². The summed E-state index contributed by atoms with van der Waals surface area (Å²) in [6, 6.07) is 11.3. The number of primary amides is 1. The monoisotopic (exact) mass is 471 g/mol. The number of carbonyl (C=O) groups excluding carboxylic acids is 2. The molecule has 3 heterocycles. The van der Waals surface area contributed by atoms with E-state index in [1.807, 2.05) is 36.5 Å². The quantitative estimate of drug-likeness (QED) is 0.452. The summed E-state index contributed by atoms with van der Waals surface area (Å²) in [6.45, 7) is 3.00. The molecule has 2 aliphatic rings. The van der Waals surface area contributed by atoms with Gasteiger partial charge in [-0.2, -0.15) is 0 Å². The molecule has 1 aliphatic carbocycles. The molecule has 2 amide bonds. The van der Waals surface area contributed by atoms with E-state index in [0.29, 0.717) is 29.9 Å². The number of nitrogens with one attached hydrogen (secondary N) is 2. The Hall–Kier alpha value is -4.27. The van der Waals surface area contributed by atoms with E-state index in [9.17, 15) is 9.59 Å². The zero-order valence-corrected chi connectivity index (χ0v) is 19.4. The van der Waals surface area contributed by atoms with Crippen LogP contribution in [-0.4, -0.2) is 46.9 Å². The highest BCUT2D eigenvalue weighted by molar-refractivity contribution is 6.06. The van der Waals surface area contributed by atoms with Crippen molar-refractivity contribution in [3.8, 4) is 0 Å². The van der Waals surface area contributed by atoms with Gasteiger partial charge in [-0.15, -0.1) is 0 Å². The zero-order chi connectivity index (χ0) is 24.5. The van der Waals surface area contributed by atoms with Crippen LogP contribution in [-0.2, 0) is 4.79 Å². The fourth-order valence-electron chi connectivity index (χ4n) is 4.21. The van der Waals surface area contributed by atoms with Crippen LogP contribution in [0.4, 0.5) is 11.6 Å². The van der Waals surface area contributed by atoms with Crippen LogP contribution in [0.25, 0.3) is 10.9 Å². The van der Waals surface area contributed by atoms with E-state index in [1.54, 1.807) is 12.1 Å². The first-order valence-corrected chi connectivity index (χ1v) is 11.7. The predicted molar refractivity (Wildman–Crippen MR) is 137 cm³/mol. The largest absolute Gasteiger partial charge is 0.369 e.